The molecule has 4 rings (SSSR count). The zero-order valence-electron chi connectivity index (χ0n) is 16.3. The summed E-state index contributed by atoms with van der Waals surface area (Å²) < 4.78 is 56.6. The van der Waals surface area contributed by atoms with Gasteiger partial charge in [0.1, 0.15) is 5.82 Å². The van der Waals surface area contributed by atoms with Gasteiger partial charge in [-0.3, -0.25) is 9.69 Å². The lowest BCUT2D eigenvalue weighted by atomic mass is 10.1. The fraction of sp³-hybridized carbons (Fsp3) is 0.286. The maximum absolute atomic E-state index is 13.3. The zero-order valence-corrected chi connectivity index (χ0v) is 16.3. The molecule has 0 atom stereocenters. The van der Waals surface area contributed by atoms with Crippen LogP contribution < -0.4 is 0 Å². The van der Waals surface area contributed by atoms with Crippen molar-refractivity contribution >= 4 is 5.91 Å². The summed E-state index contributed by atoms with van der Waals surface area (Å²) in [6.07, 6.45) is -4.41. The van der Waals surface area contributed by atoms with Gasteiger partial charge in [-0.1, -0.05) is 11.2 Å². The van der Waals surface area contributed by atoms with Crippen LogP contribution in [0.4, 0.5) is 17.6 Å². The average molecular weight is 434 g/mol. The molecular formula is C21H18F4N4O2. The van der Waals surface area contributed by atoms with Crippen LogP contribution in [0.2, 0.25) is 0 Å². The Morgan fingerprint density at radius 2 is 1.74 bits per heavy atom. The first-order chi connectivity index (χ1) is 14.8. The van der Waals surface area contributed by atoms with Gasteiger partial charge in [-0.15, -0.1) is 0 Å². The van der Waals surface area contributed by atoms with Crippen LogP contribution in [0.15, 0.2) is 53.1 Å². The molecule has 1 saturated heterocycles. The maximum atomic E-state index is 13.3. The van der Waals surface area contributed by atoms with Gasteiger partial charge in [-0.05, 0) is 42.5 Å². The van der Waals surface area contributed by atoms with Gasteiger partial charge in [0, 0.05) is 37.3 Å². The summed E-state index contributed by atoms with van der Waals surface area (Å²) in [5.41, 5.74) is -0.0355. The number of piperazine rings is 1. The van der Waals surface area contributed by atoms with Crippen molar-refractivity contribution in [2.75, 3.05) is 26.2 Å². The number of hydrogen-bond donors (Lipinski definition) is 0. The lowest BCUT2D eigenvalue weighted by molar-refractivity contribution is -0.137. The molecule has 162 valence electrons. The SMILES string of the molecule is O=C(c1cccc(F)c1)N1CCN(Cc2noc(-c3ccc(C(F)(F)F)cc3)n2)CC1. The number of amides is 1. The number of halogens is 4. The highest BCUT2D eigenvalue weighted by molar-refractivity contribution is 5.94. The molecule has 1 amide bonds. The van der Waals surface area contributed by atoms with Crippen LogP contribution in [0.3, 0.4) is 0 Å². The van der Waals surface area contributed by atoms with Gasteiger partial charge in [0.05, 0.1) is 12.1 Å². The van der Waals surface area contributed by atoms with E-state index in [1.54, 1.807) is 11.0 Å². The summed E-state index contributed by atoms with van der Waals surface area (Å²) >= 11 is 0. The highest BCUT2D eigenvalue weighted by Gasteiger charge is 2.30. The fourth-order valence-corrected chi connectivity index (χ4v) is 3.35. The van der Waals surface area contributed by atoms with Gasteiger partial charge in [0.15, 0.2) is 5.82 Å². The second kappa shape index (κ2) is 8.46. The molecule has 0 N–H and O–H groups in total. The van der Waals surface area contributed by atoms with Crippen molar-refractivity contribution in [2.24, 2.45) is 0 Å². The molecule has 2 heterocycles. The predicted octanol–water partition coefficient (Wildman–Crippen LogP) is 3.85. The van der Waals surface area contributed by atoms with E-state index >= 15 is 0 Å². The van der Waals surface area contributed by atoms with E-state index in [9.17, 15) is 22.4 Å². The first kappa shape index (κ1) is 21.0. The van der Waals surface area contributed by atoms with Crippen molar-refractivity contribution in [2.45, 2.75) is 12.7 Å². The molecule has 0 aliphatic carbocycles. The Morgan fingerprint density at radius 3 is 2.39 bits per heavy atom. The molecule has 31 heavy (non-hydrogen) atoms. The van der Waals surface area contributed by atoms with Crippen LogP contribution in [0, 0.1) is 5.82 Å². The van der Waals surface area contributed by atoms with Crippen molar-refractivity contribution in [3.05, 3.63) is 71.3 Å². The summed E-state index contributed by atoms with van der Waals surface area (Å²) in [5, 5.41) is 3.90. The molecule has 0 spiro atoms. The molecule has 0 saturated carbocycles. The lowest BCUT2D eigenvalue weighted by Crippen LogP contribution is -2.48. The normalized spacial score (nSPS) is 15.3. The molecule has 1 fully saturated rings. The Bertz CT molecular complexity index is 1060. The Hall–Kier alpha value is -3.27. The third-order valence-corrected chi connectivity index (χ3v) is 5.02. The van der Waals surface area contributed by atoms with E-state index in [1.165, 1.54) is 30.3 Å². The minimum atomic E-state index is -4.41. The molecule has 1 aromatic heterocycles. The third kappa shape index (κ3) is 4.91. The van der Waals surface area contributed by atoms with Crippen LogP contribution in [-0.2, 0) is 12.7 Å². The summed E-state index contributed by atoms with van der Waals surface area (Å²) in [5.74, 6) is -0.128. The third-order valence-electron chi connectivity index (χ3n) is 5.02. The second-order valence-electron chi connectivity index (χ2n) is 7.17. The van der Waals surface area contributed by atoms with Crippen molar-refractivity contribution in [1.82, 2.24) is 19.9 Å². The predicted molar refractivity (Wildman–Crippen MR) is 102 cm³/mol. The number of hydrogen-bond acceptors (Lipinski definition) is 5. The van der Waals surface area contributed by atoms with E-state index in [4.69, 9.17) is 4.52 Å². The quantitative estimate of drug-likeness (QED) is 0.584. The molecule has 10 heteroatoms. The first-order valence-corrected chi connectivity index (χ1v) is 9.57. The topological polar surface area (TPSA) is 62.5 Å². The van der Waals surface area contributed by atoms with Crippen LogP contribution >= 0.6 is 0 Å². The molecule has 0 unspecified atom stereocenters. The standard InChI is InChI=1S/C21H18F4N4O2/c22-17-3-1-2-15(12-17)20(30)29-10-8-28(9-11-29)13-18-26-19(31-27-18)14-4-6-16(7-5-14)21(23,24)25/h1-7,12H,8-11,13H2. The summed E-state index contributed by atoms with van der Waals surface area (Å²) in [6.45, 7) is 2.47. The van der Waals surface area contributed by atoms with E-state index in [0.29, 0.717) is 49.7 Å². The Labute approximate surface area is 175 Å². The van der Waals surface area contributed by atoms with Gasteiger partial charge in [0.25, 0.3) is 11.8 Å². The number of alkyl halides is 3. The fourth-order valence-electron chi connectivity index (χ4n) is 3.35. The smallest absolute Gasteiger partial charge is 0.336 e. The van der Waals surface area contributed by atoms with Gasteiger partial charge < -0.3 is 9.42 Å². The lowest BCUT2D eigenvalue weighted by Gasteiger charge is -2.34. The number of rotatable bonds is 4. The summed E-state index contributed by atoms with van der Waals surface area (Å²) in [7, 11) is 0. The van der Waals surface area contributed by atoms with E-state index in [0.717, 1.165) is 12.1 Å². The average Bonchev–Trinajstić information content (AvgIpc) is 3.22. The van der Waals surface area contributed by atoms with Crippen LogP contribution in [0.1, 0.15) is 21.7 Å². The monoisotopic (exact) mass is 434 g/mol. The largest absolute Gasteiger partial charge is 0.416 e. The minimum absolute atomic E-state index is 0.142. The van der Waals surface area contributed by atoms with Crippen LogP contribution in [0.5, 0.6) is 0 Å². The number of carbonyl (C=O) groups is 1. The number of nitrogens with zero attached hydrogens (tertiary/aromatic N) is 4. The molecular weight excluding hydrogens is 416 g/mol. The van der Waals surface area contributed by atoms with Gasteiger partial charge in [-0.25, -0.2) is 4.39 Å². The molecule has 0 bridgehead atoms. The molecule has 3 aromatic rings. The van der Waals surface area contributed by atoms with Crippen LogP contribution in [-0.4, -0.2) is 52.0 Å². The zero-order chi connectivity index (χ0) is 22.0. The number of carbonyl (C=O) groups excluding carboxylic acids is 1. The Balaban J connectivity index is 1.33. The molecule has 2 aromatic carbocycles. The van der Waals surface area contributed by atoms with Crippen molar-refractivity contribution in [3.8, 4) is 11.5 Å². The molecule has 0 radical (unpaired) electrons. The van der Waals surface area contributed by atoms with Crippen molar-refractivity contribution in [3.63, 3.8) is 0 Å². The Kier molecular flexibility index (Phi) is 5.73. The summed E-state index contributed by atoms with van der Waals surface area (Å²) in [4.78, 5) is 20.4. The number of aromatic nitrogens is 2. The van der Waals surface area contributed by atoms with Crippen molar-refractivity contribution < 1.29 is 26.9 Å². The molecule has 1 aliphatic heterocycles. The maximum Gasteiger partial charge on any atom is 0.416 e. The van der Waals surface area contributed by atoms with Gasteiger partial charge in [-0.2, -0.15) is 18.2 Å². The van der Waals surface area contributed by atoms with Gasteiger partial charge in [0.2, 0.25) is 0 Å². The van der Waals surface area contributed by atoms with E-state index in [2.05, 4.69) is 10.1 Å². The highest BCUT2D eigenvalue weighted by atomic mass is 19.4. The first-order valence-electron chi connectivity index (χ1n) is 9.57. The van der Waals surface area contributed by atoms with E-state index < -0.39 is 17.6 Å². The molecule has 6 nitrogen and oxygen atoms in total. The van der Waals surface area contributed by atoms with Gasteiger partial charge >= 0.3 is 6.18 Å². The van der Waals surface area contributed by atoms with E-state index in [1.807, 2.05) is 4.90 Å². The second-order valence-corrected chi connectivity index (χ2v) is 7.17. The van der Waals surface area contributed by atoms with Crippen LogP contribution in [0.25, 0.3) is 11.5 Å². The minimum Gasteiger partial charge on any atom is -0.336 e. The highest BCUT2D eigenvalue weighted by Crippen LogP contribution is 2.30. The number of benzene rings is 2. The molecule has 1 aliphatic rings. The van der Waals surface area contributed by atoms with Crippen molar-refractivity contribution in [1.29, 1.82) is 0 Å². The Morgan fingerprint density at radius 1 is 1.03 bits per heavy atom. The summed E-state index contributed by atoms with van der Waals surface area (Å²) in [6, 6.07) is 10.1. The van der Waals surface area contributed by atoms with E-state index in [-0.39, 0.29) is 11.8 Å².